The monoisotopic (exact) mass is 333 g/mol. The third kappa shape index (κ3) is 1.58. The highest BCUT2D eigenvalue weighted by molar-refractivity contribution is 5.41. The highest BCUT2D eigenvalue weighted by Gasteiger charge is 2.78. The summed E-state index contributed by atoms with van der Waals surface area (Å²) in [5.41, 5.74) is -1.77. The van der Waals surface area contributed by atoms with Gasteiger partial charge >= 0.3 is 0 Å². The van der Waals surface area contributed by atoms with Crippen LogP contribution in [0.15, 0.2) is 18.3 Å². The lowest BCUT2D eigenvalue weighted by atomic mass is 9.60. The number of fused-ring (bicyclic) bond motifs is 6. The maximum atomic E-state index is 12.2. The lowest BCUT2D eigenvalue weighted by Crippen LogP contribution is -2.64. The zero-order chi connectivity index (χ0) is 17.3. The molecule has 3 heterocycles. The van der Waals surface area contributed by atoms with Crippen LogP contribution in [-0.4, -0.2) is 70.4 Å². The van der Waals surface area contributed by atoms with Gasteiger partial charge in [0.05, 0.1) is 19.0 Å². The van der Waals surface area contributed by atoms with Crippen molar-refractivity contribution in [3.8, 4) is 0 Å². The van der Waals surface area contributed by atoms with Gasteiger partial charge in [0.25, 0.3) is 11.1 Å². The molecule has 0 spiro atoms. The van der Waals surface area contributed by atoms with E-state index in [2.05, 4.69) is 4.98 Å². The fraction of sp³-hybridized carbons (Fsp3) is 0.667. The molecule has 0 bridgehead atoms. The fourth-order valence-electron chi connectivity index (χ4n) is 5.30. The van der Waals surface area contributed by atoms with Crippen molar-refractivity contribution in [2.75, 3.05) is 40.3 Å². The third-order valence-corrected chi connectivity index (χ3v) is 6.10. The molecule has 0 aromatic carbocycles. The first-order valence-electron chi connectivity index (χ1n) is 7.95. The first-order valence-corrected chi connectivity index (χ1v) is 7.95. The zero-order valence-corrected chi connectivity index (χ0v) is 13.6. The summed E-state index contributed by atoms with van der Waals surface area (Å²) in [6.45, 7) is 1.24. The first kappa shape index (κ1) is 15.4. The molecule has 4 atom stereocenters. The van der Waals surface area contributed by atoms with Crippen molar-refractivity contribution >= 4 is 0 Å². The van der Waals surface area contributed by atoms with Gasteiger partial charge in [-0.1, -0.05) is 6.07 Å². The van der Waals surface area contributed by atoms with E-state index in [1.54, 1.807) is 25.4 Å². The lowest BCUT2D eigenvalue weighted by molar-refractivity contribution is -0.635. The molecule has 0 saturated carbocycles. The van der Waals surface area contributed by atoms with Gasteiger partial charge in [0, 0.05) is 29.1 Å². The van der Waals surface area contributed by atoms with Crippen molar-refractivity contribution in [1.29, 1.82) is 0 Å². The van der Waals surface area contributed by atoms with Crippen LogP contribution in [0, 0.1) is 26.1 Å². The van der Waals surface area contributed by atoms with Crippen LogP contribution < -0.4 is 0 Å². The van der Waals surface area contributed by atoms with Gasteiger partial charge in [-0.3, -0.25) is 35.0 Å². The minimum atomic E-state index is -1.51. The Morgan fingerprint density at radius 3 is 2.54 bits per heavy atom. The molecule has 1 aromatic rings. The molecule has 3 aliphatic rings. The number of hydrogen-bond donors (Lipinski definition) is 0. The van der Waals surface area contributed by atoms with E-state index in [9.17, 15) is 20.2 Å². The van der Waals surface area contributed by atoms with Crippen LogP contribution in [0.1, 0.15) is 17.2 Å². The highest BCUT2D eigenvalue weighted by atomic mass is 16.6. The number of aromatic nitrogens is 1. The fourth-order valence-corrected chi connectivity index (χ4v) is 5.30. The third-order valence-electron chi connectivity index (χ3n) is 6.10. The zero-order valence-electron chi connectivity index (χ0n) is 13.6. The first-order chi connectivity index (χ1) is 11.3. The molecule has 0 N–H and O–H groups in total. The Labute approximate surface area is 138 Å². The minimum Gasteiger partial charge on any atom is -0.299 e. The maximum Gasteiger partial charge on any atom is 0.287 e. The van der Waals surface area contributed by atoms with Gasteiger partial charge in [-0.15, -0.1) is 0 Å². The molecule has 0 unspecified atom stereocenters. The van der Waals surface area contributed by atoms with E-state index in [0.717, 1.165) is 0 Å². The molecule has 9 nitrogen and oxygen atoms in total. The maximum absolute atomic E-state index is 12.2. The Kier molecular flexibility index (Phi) is 3.02. The molecule has 24 heavy (non-hydrogen) atoms. The average molecular weight is 333 g/mol. The second kappa shape index (κ2) is 4.70. The van der Waals surface area contributed by atoms with Crippen LogP contribution in [0.5, 0.6) is 0 Å². The van der Waals surface area contributed by atoms with E-state index in [4.69, 9.17) is 0 Å². The topological polar surface area (TPSA) is 106 Å². The van der Waals surface area contributed by atoms with E-state index in [1.165, 1.54) is 0 Å². The number of nitrogens with zero attached hydrogens (tertiary/aromatic N) is 5. The SMILES string of the molecule is CN1C[C@H]2c3cccnc3[C@]3([N+](=O)[O-])CN(C)C[C@@H]3[C@@]2([N+](=O)[O-])C1. The van der Waals surface area contributed by atoms with Gasteiger partial charge in [-0.25, -0.2) is 0 Å². The Bertz CT molecular complexity index is 742. The minimum absolute atomic E-state index is 0.153. The summed E-state index contributed by atoms with van der Waals surface area (Å²) >= 11 is 0. The number of hydrogen-bond acceptors (Lipinski definition) is 7. The van der Waals surface area contributed by atoms with Gasteiger partial charge in [-0.05, 0) is 25.7 Å². The second-order valence-electron chi connectivity index (χ2n) is 7.37. The quantitative estimate of drug-likeness (QED) is 0.561. The van der Waals surface area contributed by atoms with Crippen LogP contribution in [0.2, 0.25) is 0 Å². The predicted molar refractivity (Wildman–Crippen MR) is 83.9 cm³/mol. The van der Waals surface area contributed by atoms with Crippen molar-refractivity contribution in [2.24, 2.45) is 5.92 Å². The Balaban J connectivity index is 2.07. The molecule has 128 valence electrons. The number of pyridine rings is 1. The predicted octanol–water partition coefficient (Wildman–Crippen LogP) is 0.173. The molecule has 2 saturated heterocycles. The van der Waals surface area contributed by atoms with Gasteiger partial charge in [0.1, 0.15) is 11.6 Å². The summed E-state index contributed by atoms with van der Waals surface area (Å²) in [6.07, 6.45) is 1.55. The van der Waals surface area contributed by atoms with Crippen LogP contribution in [0.4, 0.5) is 0 Å². The number of rotatable bonds is 2. The van der Waals surface area contributed by atoms with E-state index in [-0.39, 0.29) is 28.9 Å². The molecule has 1 aliphatic carbocycles. The molecule has 1 aromatic heterocycles. The van der Waals surface area contributed by atoms with Crippen molar-refractivity contribution in [3.05, 3.63) is 49.8 Å². The van der Waals surface area contributed by atoms with Gasteiger partial charge in [0.2, 0.25) is 0 Å². The molecule has 0 radical (unpaired) electrons. The summed E-state index contributed by atoms with van der Waals surface area (Å²) in [4.78, 5) is 32.0. The summed E-state index contributed by atoms with van der Waals surface area (Å²) in [7, 11) is 3.62. The smallest absolute Gasteiger partial charge is 0.287 e. The molecule has 4 rings (SSSR count). The van der Waals surface area contributed by atoms with E-state index >= 15 is 0 Å². The Morgan fingerprint density at radius 2 is 1.88 bits per heavy atom. The number of likely N-dealkylation sites (N-methyl/N-ethyl adjacent to an activating group) is 2. The van der Waals surface area contributed by atoms with E-state index in [1.807, 2.05) is 16.8 Å². The lowest BCUT2D eigenvalue weighted by Gasteiger charge is -2.41. The molecule has 2 fully saturated rings. The second-order valence-corrected chi connectivity index (χ2v) is 7.37. The Hall–Kier alpha value is -2.13. The molecule has 9 heteroatoms. The van der Waals surface area contributed by atoms with E-state index in [0.29, 0.717) is 24.3 Å². The van der Waals surface area contributed by atoms with Crippen molar-refractivity contribution in [1.82, 2.24) is 14.8 Å². The van der Waals surface area contributed by atoms with Gasteiger partial charge in [-0.2, -0.15) is 0 Å². The van der Waals surface area contributed by atoms with Crippen LogP contribution in [-0.2, 0) is 5.54 Å². The molecular formula is C15H19N5O4. The summed E-state index contributed by atoms with van der Waals surface area (Å²) in [5.74, 6) is -1.07. The van der Waals surface area contributed by atoms with Crippen LogP contribution in [0.3, 0.4) is 0 Å². The van der Waals surface area contributed by atoms with E-state index < -0.39 is 17.0 Å². The highest BCUT2D eigenvalue weighted by Crippen LogP contribution is 2.58. The normalized spacial score (nSPS) is 38.4. The Morgan fingerprint density at radius 1 is 1.17 bits per heavy atom. The number of nitro groups is 2. The van der Waals surface area contributed by atoms with Crippen LogP contribution in [0.25, 0.3) is 0 Å². The van der Waals surface area contributed by atoms with Crippen molar-refractivity contribution in [3.63, 3.8) is 0 Å². The molecule has 2 aliphatic heterocycles. The molecular weight excluding hydrogens is 314 g/mol. The van der Waals surface area contributed by atoms with Crippen molar-refractivity contribution in [2.45, 2.75) is 17.0 Å². The summed E-state index contributed by atoms with van der Waals surface area (Å²) in [5, 5.41) is 24.4. The van der Waals surface area contributed by atoms with Gasteiger partial charge < -0.3 is 0 Å². The summed E-state index contributed by atoms with van der Waals surface area (Å²) in [6, 6.07) is 3.50. The van der Waals surface area contributed by atoms with Crippen LogP contribution >= 0.6 is 0 Å². The number of likely N-dealkylation sites (tertiary alicyclic amines) is 2. The van der Waals surface area contributed by atoms with Gasteiger partial charge in [0.15, 0.2) is 0 Å². The average Bonchev–Trinajstić information content (AvgIpc) is 3.06. The van der Waals surface area contributed by atoms with Crippen molar-refractivity contribution < 1.29 is 9.85 Å². The largest absolute Gasteiger partial charge is 0.299 e. The standard InChI is InChI=1S/C15H19N5O4/c1-17-6-11-10-4-3-5-16-13(10)15(20(23)24)9-18(2)7-12(15)14(11,8-17)19(21)22/h3-5,11-12H,6-9H2,1-2H3/t11-,12+,14+,15-/m0/s1. The summed E-state index contributed by atoms with van der Waals surface area (Å²) < 4.78 is 0. The molecule has 0 amide bonds.